The third-order valence-electron chi connectivity index (χ3n) is 3.91. The summed E-state index contributed by atoms with van der Waals surface area (Å²) in [4.78, 5) is 21.4. The van der Waals surface area contributed by atoms with Crippen molar-refractivity contribution in [2.45, 2.75) is 0 Å². The number of nitrogens with zero attached hydrogens (tertiary/aromatic N) is 4. The number of nitro groups is 2. The van der Waals surface area contributed by atoms with Gasteiger partial charge in [0.25, 0.3) is 11.4 Å². The molecule has 10 nitrogen and oxygen atoms in total. The fourth-order valence-electron chi connectivity index (χ4n) is 2.51. The third kappa shape index (κ3) is 5.23. The van der Waals surface area contributed by atoms with E-state index in [4.69, 9.17) is 0 Å². The van der Waals surface area contributed by atoms with Crippen molar-refractivity contribution in [2.24, 2.45) is 10.2 Å². The van der Waals surface area contributed by atoms with E-state index in [0.717, 1.165) is 6.07 Å². The Labute approximate surface area is 170 Å². The van der Waals surface area contributed by atoms with Gasteiger partial charge in [-0.3, -0.25) is 31.1 Å². The lowest BCUT2D eigenvalue weighted by molar-refractivity contribution is -0.394. The quantitative estimate of drug-likeness (QED) is 0.325. The zero-order valence-corrected chi connectivity index (χ0v) is 15.5. The van der Waals surface area contributed by atoms with Gasteiger partial charge in [-0.05, 0) is 30.3 Å². The van der Waals surface area contributed by atoms with Crippen LogP contribution in [0.1, 0.15) is 11.1 Å². The van der Waals surface area contributed by atoms with E-state index in [1.165, 1.54) is 18.5 Å². The summed E-state index contributed by atoms with van der Waals surface area (Å²) >= 11 is 0. The van der Waals surface area contributed by atoms with Gasteiger partial charge < -0.3 is 0 Å². The predicted molar refractivity (Wildman–Crippen MR) is 115 cm³/mol. The van der Waals surface area contributed by atoms with Crippen molar-refractivity contribution in [3.8, 4) is 0 Å². The summed E-state index contributed by atoms with van der Waals surface area (Å²) in [5.74, 6) is 0. The van der Waals surface area contributed by atoms with Crippen LogP contribution in [0.25, 0.3) is 0 Å². The summed E-state index contributed by atoms with van der Waals surface area (Å²) < 4.78 is 0. The van der Waals surface area contributed by atoms with E-state index in [-0.39, 0.29) is 11.1 Å². The molecule has 0 heterocycles. The Kier molecular flexibility index (Phi) is 6.41. The predicted octanol–water partition coefficient (Wildman–Crippen LogP) is 4.40. The largest absolute Gasteiger partial charge is 0.285 e. The van der Waals surface area contributed by atoms with Crippen LogP contribution in [0.4, 0.5) is 22.7 Å². The van der Waals surface area contributed by atoms with E-state index in [2.05, 4.69) is 21.1 Å². The van der Waals surface area contributed by atoms with Crippen molar-refractivity contribution in [1.82, 2.24) is 0 Å². The Bertz CT molecular complexity index is 1020. The first-order chi connectivity index (χ1) is 14.5. The smallest absolute Gasteiger partial charge is 0.279 e. The van der Waals surface area contributed by atoms with Gasteiger partial charge >= 0.3 is 0 Å². The first-order valence-electron chi connectivity index (χ1n) is 8.69. The van der Waals surface area contributed by atoms with Crippen molar-refractivity contribution in [2.75, 3.05) is 10.9 Å². The average molecular weight is 404 g/mol. The second-order valence-electron chi connectivity index (χ2n) is 5.96. The van der Waals surface area contributed by atoms with Gasteiger partial charge in [0.2, 0.25) is 0 Å². The number of nitrogens with one attached hydrogen (secondary N) is 2. The van der Waals surface area contributed by atoms with Gasteiger partial charge in [-0.15, -0.1) is 0 Å². The molecule has 0 radical (unpaired) electrons. The maximum absolute atomic E-state index is 11.4. The van der Waals surface area contributed by atoms with Crippen molar-refractivity contribution in [3.05, 3.63) is 104 Å². The minimum absolute atomic E-state index is 0.0928. The molecule has 150 valence electrons. The van der Waals surface area contributed by atoms with E-state index >= 15 is 0 Å². The number of hydrazone groups is 2. The van der Waals surface area contributed by atoms with Crippen LogP contribution in [-0.2, 0) is 0 Å². The molecule has 0 amide bonds. The van der Waals surface area contributed by atoms with Crippen LogP contribution < -0.4 is 10.9 Å². The number of rotatable bonds is 8. The topological polar surface area (TPSA) is 135 Å². The zero-order chi connectivity index (χ0) is 21.3. The van der Waals surface area contributed by atoms with Crippen LogP contribution in [0.5, 0.6) is 0 Å². The summed E-state index contributed by atoms with van der Waals surface area (Å²) in [6.07, 6.45) is 2.47. The highest BCUT2D eigenvalue weighted by Gasteiger charge is 2.23. The highest BCUT2D eigenvalue weighted by atomic mass is 16.6. The molecule has 0 aliphatic carbocycles. The molecule has 2 N–H and O–H groups in total. The second-order valence-corrected chi connectivity index (χ2v) is 5.96. The van der Waals surface area contributed by atoms with E-state index in [1.807, 2.05) is 12.1 Å². The van der Waals surface area contributed by atoms with Gasteiger partial charge in [-0.1, -0.05) is 36.4 Å². The van der Waals surface area contributed by atoms with Gasteiger partial charge in [0.15, 0.2) is 0 Å². The lowest BCUT2D eigenvalue weighted by atomic mass is 10.1. The summed E-state index contributed by atoms with van der Waals surface area (Å²) in [6.45, 7) is 0. The van der Waals surface area contributed by atoms with E-state index < -0.39 is 21.2 Å². The van der Waals surface area contributed by atoms with Gasteiger partial charge in [0, 0.05) is 0 Å². The lowest BCUT2D eigenvalue weighted by Crippen LogP contribution is -2.03. The SMILES string of the molecule is O=[N+]([O-])c1cc([N+](=O)[O-])c(/C=N\Nc2ccccc2)cc1/C=N\Nc1ccccc1. The van der Waals surface area contributed by atoms with E-state index in [0.29, 0.717) is 11.4 Å². The molecule has 0 atom stereocenters. The van der Waals surface area contributed by atoms with Crippen LogP contribution in [0, 0.1) is 20.2 Å². The maximum atomic E-state index is 11.4. The Balaban J connectivity index is 1.91. The summed E-state index contributed by atoms with van der Waals surface area (Å²) in [5.41, 5.74) is 6.18. The van der Waals surface area contributed by atoms with Crippen molar-refractivity contribution in [1.29, 1.82) is 0 Å². The highest BCUT2D eigenvalue weighted by Crippen LogP contribution is 2.27. The van der Waals surface area contributed by atoms with Gasteiger partial charge in [-0.25, -0.2) is 0 Å². The Morgan fingerprint density at radius 2 is 1.07 bits per heavy atom. The molecule has 0 aliphatic heterocycles. The molecule has 0 aliphatic rings. The van der Waals surface area contributed by atoms with Crippen LogP contribution in [0.2, 0.25) is 0 Å². The molecular formula is C20H16N6O4. The van der Waals surface area contributed by atoms with Crippen molar-refractivity contribution < 1.29 is 9.85 Å². The molecule has 0 saturated carbocycles. The monoisotopic (exact) mass is 404 g/mol. The molecular weight excluding hydrogens is 388 g/mol. The molecule has 0 unspecified atom stereocenters. The molecule has 10 heteroatoms. The lowest BCUT2D eigenvalue weighted by Gasteiger charge is -2.03. The van der Waals surface area contributed by atoms with Gasteiger partial charge in [-0.2, -0.15) is 10.2 Å². The first-order valence-corrected chi connectivity index (χ1v) is 8.69. The molecule has 0 saturated heterocycles. The number of para-hydroxylation sites is 2. The van der Waals surface area contributed by atoms with Crippen LogP contribution in [0.15, 0.2) is 83.0 Å². The standard InChI is InChI=1S/C20H16N6O4/c27-25(28)19-12-20(26(29)30)16(14-22-24-18-9-5-2-6-10-18)11-15(19)13-21-23-17-7-3-1-4-8-17/h1-14,23-24H/b21-13-,22-14-. The molecule has 30 heavy (non-hydrogen) atoms. The Morgan fingerprint density at radius 1 is 0.667 bits per heavy atom. The Morgan fingerprint density at radius 3 is 1.43 bits per heavy atom. The van der Waals surface area contributed by atoms with E-state index in [1.54, 1.807) is 48.5 Å². The number of nitro benzene ring substituents is 2. The number of hydrogen-bond donors (Lipinski definition) is 2. The molecule has 3 aromatic carbocycles. The van der Waals surface area contributed by atoms with Crippen molar-refractivity contribution in [3.63, 3.8) is 0 Å². The fraction of sp³-hybridized carbons (Fsp3) is 0. The van der Waals surface area contributed by atoms with Crippen LogP contribution in [-0.4, -0.2) is 22.3 Å². The second kappa shape index (κ2) is 9.55. The van der Waals surface area contributed by atoms with E-state index in [9.17, 15) is 20.2 Å². The molecule has 3 aromatic rings. The minimum Gasteiger partial charge on any atom is -0.279 e. The van der Waals surface area contributed by atoms with Crippen LogP contribution >= 0.6 is 0 Å². The third-order valence-corrected chi connectivity index (χ3v) is 3.91. The molecule has 0 bridgehead atoms. The maximum Gasteiger partial charge on any atom is 0.285 e. The van der Waals surface area contributed by atoms with Gasteiger partial charge in [0.05, 0.1) is 50.8 Å². The summed E-state index contributed by atoms with van der Waals surface area (Å²) in [6, 6.07) is 20.2. The number of hydrogen-bond acceptors (Lipinski definition) is 8. The average Bonchev–Trinajstić information content (AvgIpc) is 2.75. The molecule has 0 fully saturated rings. The van der Waals surface area contributed by atoms with Crippen LogP contribution in [0.3, 0.4) is 0 Å². The normalized spacial score (nSPS) is 10.9. The summed E-state index contributed by atoms with van der Waals surface area (Å²) in [5, 5.41) is 30.8. The van der Waals surface area contributed by atoms with Gasteiger partial charge in [0.1, 0.15) is 0 Å². The zero-order valence-electron chi connectivity index (χ0n) is 15.5. The minimum atomic E-state index is -0.694. The number of anilines is 2. The fourth-order valence-corrected chi connectivity index (χ4v) is 2.51. The first kappa shape index (κ1) is 20.1. The molecule has 3 rings (SSSR count). The Hall–Kier alpha value is -4.60. The summed E-state index contributed by atoms with van der Waals surface area (Å²) in [7, 11) is 0. The molecule has 0 spiro atoms. The highest BCUT2D eigenvalue weighted by molar-refractivity contribution is 5.94. The molecule has 0 aromatic heterocycles. The van der Waals surface area contributed by atoms with Crippen molar-refractivity contribution >= 4 is 35.2 Å². The number of benzene rings is 3.